The predicted octanol–water partition coefficient (Wildman–Crippen LogP) is 4.08. The Balaban J connectivity index is 1.94. The zero-order valence-corrected chi connectivity index (χ0v) is 11.2. The molecule has 0 aromatic heterocycles. The van der Waals surface area contributed by atoms with Gasteiger partial charge in [-0.15, -0.1) is 0 Å². The average molecular weight is 270 g/mol. The van der Waals surface area contributed by atoms with E-state index < -0.39 is 0 Å². The van der Waals surface area contributed by atoms with Crippen LogP contribution < -0.4 is 5.73 Å². The summed E-state index contributed by atoms with van der Waals surface area (Å²) < 4.78 is 0. The summed E-state index contributed by atoms with van der Waals surface area (Å²) in [6, 6.07) is 6.08. The Bertz CT molecular complexity index is 432. The lowest BCUT2D eigenvalue weighted by molar-refractivity contribution is 0.295. The van der Waals surface area contributed by atoms with E-state index in [1.165, 1.54) is 24.8 Å². The molecule has 0 saturated heterocycles. The van der Waals surface area contributed by atoms with Gasteiger partial charge in [0.05, 0.1) is 10.0 Å². The topological polar surface area (TPSA) is 26.0 Å². The number of benzene rings is 1. The first-order chi connectivity index (χ1) is 8.20. The zero-order valence-electron chi connectivity index (χ0n) is 9.70. The van der Waals surface area contributed by atoms with Crippen LogP contribution in [0.5, 0.6) is 0 Å². The van der Waals surface area contributed by atoms with Crippen molar-refractivity contribution in [3.63, 3.8) is 0 Å². The van der Waals surface area contributed by atoms with Crippen molar-refractivity contribution in [2.45, 2.75) is 25.2 Å². The molecule has 0 radical (unpaired) electrons. The van der Waals surface area contributed by atoms with Gasteiger partial charge in [0.25, 0.3) is 0 Å². The first-order valence-electron chi connectivity index (χ1n) is 6.35. The second-order valence-corrected chi connectivity index (χ2v) is 6.25. The Hall–Kier alpha value is -0.240. The number of rotatable bonds is 2. The van der Waals surface area contributed by atoms with Crippen molar-refractivity contribution in [3.8, 4) is 0 Å². The molecule has 0 unspecified atom stereocenters. The van der Waals surface area contributed by atoms with Gasteiger partial charge >= 0.3 is 0 Å². The van der Waals surface area contributed by atoms with Crippen LogP contribution in [0.1, 0.15) is 30.7 Å². The van der Waals surface area contributed by atoms with E-state index in [9.17, 15) is 0 Å². The fourth-order valence-electron chi connectivity index (χ4n) is 3.99. The van der Waals surface area contributed by atoms with Crippen molar-refractivity contribution in [1.82, 2.24) is 0 Å². The summed E-state index contributed by atoms with van der Waals surface area (Å²) in [6.45, 7) is 0.798. The van der Waals surface area contributed by atoms with Gasteiger partial charge < -0.3 is 5.73 Å². The summed E-state index contributed by atoms with van der Waals surface area (Å²) in [4.78, 5) is 0. The van der Waals surface area contributed by atoms with Crippen molar-refractivity contribution in [1.29, 1.82) is 0 Å². The maximum absolute atomic E-state index is 6.12. The van der Waals surface area contributed by atoms with Crippen LogP contribution in [0.3, 0.4) is 0 Å². The summed E-state index contributed by atoms with van der Waals surface area (Å²) in [5.74, 6) is 2.90. The monoisotopic (exact) mass is 269 g/mol. The van der Waals surface area contributed by atoms with Gasteiger partial charge in [-0.25, -0.2) is 0 Å². The van der Waals surface area contributed by atoms with Crippen molar-refractivity contribution >= 4 is 23.2 Å². The third-order valence-corrected chi connectivity index (χ3v) is 5.43. The van der Waals surface area contributed by atoms with Crippen LogP contribution in [-0.2, 0) is 0 Å². The molecule has 1 aromatic rings. The normalized spacial score (nSPS) is 35.5. The van der Waals surface area contributed by atoms with Gasteiger partial charge in [-0.05, 0) is 67.2 Å². The Morgan fingerprint density at radius 2 is 1.88 bits per heavy atom. The van der Waals surface area contributed by atoms with Crippen molar-refractivity contribution < 1.29 is 0 Å². The van der Waals surface area contributed by atoms with E-state index in [1.807, 2.05) is 12.1 Å². The molecule has 4 atom stereocenters. The third kappa shape index (κ3) is 1.89. The Morgan fingerprint density at radius 1 is 1.12 bits per heavy atom. The summed E-state index contributed by atoms with van der Waals surface area (Å²) in [5, 5.41) is 1.31. The van der Waals surface area contributed by atoms with Crippen LogP contribution in [0, 0.1) is 17.8 Å². The van der Waals surface area contributed by atoms with Gasteiger partial charge in [0.1, 0.15) is 0 Å². The van der Waals surface area contributed by atoms with E-state index >= 15 is 0 Å². The maximum atomic E-state index is 6.12. The first-order valence-corrected chi connectivity index (χ1v) is 7.11. The highest BCUT2D eigenvalue weighted by atomic mass is 35.5. The van der Waals surface area contributed by atoms with Crippen LogP contribution in [0.4, 0.5) is 0 Å². The molecule has 2 aliphatic rings. The molecule has 3 rings (SSSR count). The number of hydrogen-bond acceptors (Lipinski definition) is 1. The lowest BCUT2D eigenvalue weighted by Gasteiger charge is -2.30. The number of hydrogen-bond donors (Lipinski definition) is 1. The lowest BCUT2D eigenvalue weighted by Crippen LogP contribution is -2.27. The minimum Gasteiger partial charge on any atom is -0.330 e. The van der Waals surface area contributed by atoms with E-state index in [0.717, 1.165) is 18.4 Å². The summed E-state index contributed by atoms with van der Waals surface area (Å²) in [5.41, 5.74) is 7.29. The molecule has 2 bridgehead atoms. The number of fused-ring (bicyclic) bond motifs is 2. The fraction of sp³-hybridized carbons (Fsp3) is 0.571. The van der Waals surface area contributed by atoms with Gasteiger partial charge in [-0.3, -0.25) is 0 Å². The molecule has 0 heterocycles. The van der Waals surface area contributed by atoms with E-state index in [0.29, 0.717) is 21.9 Å². The molecule has 0 spiro atoms. The smallest absolute Gasteiger partial charge is 0.0595 e. The lowest BCUT2D eigenvalue weighted by atomic mass is 9.75. The van der Waals surface area contributed by atoms with Crippen LogP contribution in [0.25, 0.3) is 0 Å². The second-order valence-electron chi connectivity index (χ2n) is 5.43. The Morgan fingerprint density at radius 3 is 2.59 bits per heavy atom. The molecule has 1 nitrogen and oxygen atoms in total. The molecule has 2 N–H and O–H groups in total. The van der Waals surface area contributed by atoms with Gasteiger partial charge in [-0.2, -0.15) is 0 Å². The fourth-order valence-corrected chi connectivity index (χ4v) is 4.30. The molecule has 0 aliphatic heterocycles. The van der Waals surface area contributed by atoms with E-state index in [-0.39, 0.29) is 0 Å². The molecular formula is C14H17Cl2N. The van der Waals surface area contributed by atoms with Gasteiger partial charge in [0.15, 0.2) is 0 Å². The predicted molar refractivity (Wildman–Crippen MR) is 72.6 cm³/mol. The minimum absolute atomic E-state index is 0.605. The highest BCUT2D eigenvalue weighted by Crippen LogP contribution is 2.56. The van der Waals surface area contributed by atoms with Crippen LogP contribution in [0.2, 0.25) is 10.0 Å². The van der Waals surface area contributed by atoms with Crippen LogP contribution in [0.15, 0.2) is 18.2 Å². The van der Waals surface area contributed by atoms with E-state index in [1.54, 1.807) is 0 Å². The molecule has 92 valence electrons. The van der Waals surface area contributed by atoms with Gasteiger partial charge in [-0.1, -0.05) is 29.3 Å². The molecule has 2 aliphatic carbocycles. The molecule has 3 heteroatoms. The molecule has 0 amide bonds. The summed E-state index contributed by atoms with van der Waals surface area (Å²) >= 11 is 12.1. The average Bonchev–Trinajstić information content (AvgIpc) is 2.92. The highest BCUT2D eigenvalue weighted by Gasteiger charge is 2.47. The SMILES string of the molecule is NC[C@@H]1[C@@H]2CC[C@@H](C2)[C@@H]1c1ccc(Cl)c(Cl)c1. The third-order valence-electron chi connectivity index (χ3n) is 4.69. The zero-order chi connectivity index (χ0) is 12.0. The van der Waals surface area contributed by atoms with Gasteiger partial charge in [0, 0.05) is 0 Å². The Kier molecular flexibility index (Phi) is 3.10. The van der Waals surface area contributed by atoms with Crippen molar-refractivity contribution in [2.75, 3.05) is 6.54 Å². The molecular weight excluding hydrogens is 253 g/mol. The largest absolute Gasteiger partial charge is 0.330 e. The Labute approximate surface area is 112 Å². The quantitative estimate of drug-likeness (QED) is 0.860. The van der Waals surface area contributed by atoms with Gasteiger partial charge in [0.2, 0.25) is 0 Å². The molecule has 1 aromatic carbocycles. The van der Waals surface area contributed by atoms with Crippen LogP contribution in [-0.4, -0.2) is 6.54 Å². The van der Waals surface area contributed by atoms with Crippen molar-refractivity contribution in [2.24, 2.45) is 23.5 Å². The molecule has 17 heavy (non-hydrogen) atoms. The minimum atomic E-state index is 0.605. The maximum Gasteiger partial charge on any atom is 0.0595 e. The van der Waals surface area contributed by atoms with Crippen LogP contribution >= 0.6 is 23.2 Å². The molecule has 2 fully saturated rings. The first kappa shape index (κ1) is 11.8. The molecule has 2 saturated carbocycles. The second kappa shape index (κ2) is 4.46. The number of nitrogens with two attached hydrogens (primary N) is 1. The standard InChI is InChI=1S/C14H17Cl2N/c15-12-4-3-10(6-13(12)16)14-9-2-1-8(5-9)11(14)7-17/h3-4,6,8-9,11,14H,1-2,5,7,17H2/t8-,9+,11-,14-/m1/s1. The van der Waals surface area contributed by atoms with Crippen molar-refractivity contribution in [3.05, 3.63) is 33.8 Å². The van der Waals surface area contributed by atoms with E-state index in [4.69, 9.17) is 28.9 Å². The highest BCUT2D eigenvalue weighted by molar-refractivity contribution is 6.42. The summed E-state index contributed by atoms with van der Waals surface area (Å²) in [6.07, 6.45) is 4.07. The van der Waals surface area contributed by atoms with E-state index in [2.05, 4.69) is 6.07 Å². The number of halogens is 2. The summed E-state index contributed by atoms with van der Waals surface area (Å²) in [7, 11) is 0.